The van der Waals surface area contributed by atoms with Crippen molar-refractivity contribution in [1.82, 2.24) is 9.88 Å². The summed E-state index contributed by atoms with van der Waals surface area (Å²) in [6.07, 6.45) is 4.81. The van der Waals surface area contributed by atoms with Crippen molar-refractivity contribution in [2.75, 3.05) is 18.4 Å². The van der Waals surface area contributed by atoms with E-state index < -0.39 is 0 Å². The number of halogens is 1. The Bertz CT molecular complexity index is 1140. The van der Waals surface area contributed by atoms with Crippen LogP contribution in [0.2, 0.25) is 5.02 Å². The second-order valence-corrected chi connectivity index (χ2v) is 10.4. The van der Waals surface area contributed by atoms with Crippen LogP contribution in [0.4, 0.5) is 5.13 Å². The number of aromatic nitrogens is 1. The van der Waals surface area contributed by atoms with Crippen molar-refractivity contribution >= 4 is 39.9 Å². The third kappa shape index (κ3) is 4.97. The monoisotopic (exact) mass is 479 g/mol. The summed E-state index contributed by atoms with van der Waals surface area (Å²) in [4.78, 5) is 33.6. The summed E-state index contributed by atoms with van der Waals surface area (Å²) in [7, 11) is 0. The number of nitrogens with one attached hydrogen (secondary N) is 1. The SMILES string of the molecule is O=C(Nc1nc2c(s1)CCC2C(=O)N1CCC(Cc2ccccc2)CC1)c1ccc(Cl)cc1. The van der Waals surface area contributed by atoms with Crippen molar-refractivity contribution in [2.24, 2.45) is 5.92 Å². The number of hydrogen-bond acceptors (Lipinski definition) is 4. The van der Waals surface area contributed by atoms with E-state index >= 15 is 0 Å². The van der Waals surface area contributed by atoms with E-state index in [1.807, 2.05) is 11.0 Å². The average Bonchev–Trinajstić information content (AvgIpc) is 3.40. The normalized spacial score (nSPS) is 18.2. The molecule has 1 aliphatic carbocycles. The van der Waals surface area contributed by atoms with Gasteiger partial charge in [-0.25, -0.2) is 4.98 Å². The highest BCUT2D eigenvalue weighted by Crippen LogP contribution is 2.40. The minimum absolute atomic E-state index is 0.188. The third-order valence-electron chi connectivity index (χ3n) is 6.64. The zero-order chi connectivity index (χ0) is 22.8. The van der Waals surface area contributed by atoms with E-state index in [4.69, 9.17) is 11.6 Å². The lowest BCUT2D eigenvalue weighted by Gasteiger charge is -2.33. The Hall–Kier alpha value is -2.70. The first kappa shape index (κ1) is 22.1. The number of carbonyl (C=O) groups excluding carboxylic acids is 2. The lowest BCUT2D eigenvalue weighted by Crippen LogP contribution is -2.41. The number of aryl methyl sites for hydroxylation is 1. The van der Waals surface area contributed by atoms with E-state index in [9.17, 15) is 9.59 Å². The molecule has 0 bridgehead atoms. The lowest BCUT2D eigenvalue weighted by molar-refractivity contribution is -0.134. The first-order valence-corrected chi connectivity index (χ1v) is 12.7. The molecule has 0 saturated carbocycles. The van der Waals surface area contributed by atoms with Gasteiger partial charge in [-0.15, -0.1) is 11.3 Å². The van der Waals surface area contributed by atoms with Crippen molar-refractivity contribution in [3.05, 3.63) is 81.3 Å². The van der Waals surface area contributed by atoms with Crippen molar-refractivity contribution in [1.29, 1.82) is 0 Å². The van der Waals surface area contributed by atoms with Crippen LogP contribution in [0.15, 0.2) is 54.6 Å². The van der Waals surface area contributed by atoms with Gasteiger partial charge in [0.15, 0.2) is 5.13 Å². The molecule has 2 aliphatic rings. The summed E-state index contributed by atoms with van der Waals surface area (Å²) in [6, 6.07) is 17.3. The Morgan fingerprint density at radius 2 is 1.76 bits per heavy atom. The quantitative estimate of drug-likeness (QED) is 0.521. The highest BCUT2D eigenvalue weighted by molar-refractivity contribution is 7.16. The van der Waals surface area contributed by atoms with Crippen molar-refractivity contribution < 1.29 is 9.59 Å². The fourth-order valence-corrected chi connectivity index (χ4v) is 5.98. The summed E-state index contributed by atoms with van der Waals surface area (Å²) < 4.78 is 0. The van der Waals surface area contributed by atoms with Gasteiger partial charge in [0.2, 0.25) is 5.91 Å². The molecule has 0 radical (unpaired) electrons. The summed E-state index contributed by atoms with van der Waals surface area (Å²) in [5, 5.41) is 4.02. The number of thiazole rings is 1. The fraction of sp³-hybridized carbons (Fsp3) is 0.346. The number of piperidine rings is 1. The highest BCUT2D eigenvalue weighted by atomic mass is 35.5. The molecule has 1 aromatic heterocycles. The number of benzene rings is 2. The zero-order valence-corrected chi connectivity index (χ0v) is 19.9. The Morgan fingerprint density at radius 1 is 1.03 bits per heavy atom. The number of rotatable bonds is 5. The maximum Gasteiger partial charge on any atom is 0.257 e. The molecule has 1 atom stereocenters. The second-order valence-electron chi connectivity index (χ2n) is 8.84. The van der Waals surface area contributed by atoms with Gasteiger partial charge in [0.05, 0.1) is 11.6 Å². The van der Waals surface area contributed by atoms with E-state index in [2.05, 4.69) is 34.6 Å². The van der Waals surface area contributed by atoms with Crippen LogP contribution in [0.25, 0.3) is 0 Å². The van der Waals surface area contributed by atoms with Crippen molar-refractivity contribution in [3.8, 4) is 0 Å². The van der Waals surface area contributed by atoms with Crippen LogP contribution in [0.3, 0.4) is 0 Å². The summed E-state index contributed by atoms with van der Waals surface area (Å²) in [5.74, 6) is 0.405. The number of fused-ring (bicyclic) bond motifs is 1. The summed E-state index contributed by atoms with van der Waals surface area (Å²) in [6.45, 7) is 1.62. The Labute approximate surface area is 202 Å². The Balaban J connectivity index is 1.19. The predicted molar refractivity (Wildman–Crippen MR) is 132 cm³/mol. The van der Waals surface area contributed by atoms with Crippen LogP contribution in [0.1, 0.15) is 51.7 Å². The molecule has 2 heterocycles. The standard InChI is InChI=1S/C26H26ClN3O2S/c27-20-8-6-19(7-9-20)24(31)29-26-28-23-21(10-11-22(23)33-26)25(32)30-14-12-18(13-15-30)16-17-4-2-1-3-5-17/h1-9,18,21H,10-16H2,(H,28,29,31). The van der Waals surface area contributed by atoms with Gasteiger partial charge in [-0.1, -0.05) is 41.9 Å². The zero-order valence-electron chi connectivity index (χ0n) is 18.3. The van der Waals surface area contributed by atoms with E-state index in [0.717, 1.165) is 55.8 Å². The lowest BCUT2D eigenvalue weighted by atomic mass is 9.89. The van der Waals surface area contributed by atoms with Gasteiger partial charge in [0.25, 0.3) is 5.91 Å². The molecule has 1 fully saturated rings. The third-order valence-corrected chi connectivity index (χ3v) is 7.93. The molecule has 1 saturated heterocycles. The Morgan fingerprint density at radius 3 is 2.48 bits per heavy atom. The molecule has 7 heteroatoms. The maximum atomic E-state index is 13.3. The number of nitrogens with zero attached hydrogens (tertiary/aromatic N) is 2. The van der Waals surface area contributed by atoms with E-state index in [-0.39, 0.29) is 17.7 Å². The molecule has 1 aliphatic heterocycles. The largest absolute Gasteiger partial charge is 0.342 e. The second kappa shape index (κ2) is 9.65. The van der Waals surface area contributed by atoms with E-state index in [1.54, 1.807) is 24.3 Å². The van der Waals surface area contributed by atoms with Gasteiger partial charge >= 0.3 is 0 Å². The highest BCUT2D eigenvalue weighted by Gasteiger charge is 2.36. The molecule has 0 spiro atoms. The van der Waals surface area contributed by atoms with Gasteiger partial charge in [0.1, 0.15) is 0 Å². The Kier molecular flexibility index (Phi) is 6.47. The van der Waals surface area contributed by atoms with Crippen LogP contribution >= 0.6 is 22.9 Å². The molecule has 2 aromatic carbocycles. The molecular formula is C26H26ClN3O2S. The molecule has 2 amide bonds. The molecule has 33 heavy (non-hydrogen) atoms. The molecule has 1 N–H and O–H groups in total. The number of amides is 2. The van der Waals surface area contributed by atoms with Gasteiger partial charge in [-0.05, 0) is 67.9 Å². The topological polar surface area (TPSA) is 62.3 Å². The van der Waals surface area contributed by atoms with Gasteiger partial charge < -0.3 is 4.90 Å². The van der Waals surface area contributed by atoms with Crippen LogP contribution in [-0.4, -0.2) is 34.8 Å². The van der Waals surface area contributed by atoms with Crippen LogP contribution in [0, 0.1) is 5.92 Å². The molecule has 3 aromatic rings. The molecule has 5 rings (SSSR count). The molecule has 5 nitrogen and oxygen atoms in total. The van der Waals surface area contributed by atoms with Crippen LogP contribution in [0.5, 0.6) is 0 Å². The predicted octanol–water partition coefficient (Wildman–Crippen LogP) is 5.56. The number of likely N-dealkylation sites (tertiary alicyclic amines) is 1. The van der Waals surface area contributed by atoms with Gasteiger partial charge in [-0.2, -0.15) is 0 Å². The van der Waals surface area contributed by atoms with Crippen LogP contribution in [-0.2, 0) is 17.6 Å². The first-order chi connectivity index (χ1) is 16.1. The molecular weight excluding hydrogens is 454 g/mol. The minimum Gasteiger partial charge on any atom is -0.342 e. The number of carbonyl (C=O) groups is 2. The molecule has 170 valence electrons. The fourth-order valence-electron chi connectivity index (χ4n) is 4.82. The average molecular weight is 480 g/mol. The van der Waals surface area contributed by atoms with Crippen LogP contribution < -0.4 is 5.32 Å². The summed E-state index contributed by atoms with van der Waals surface area (Å²) in [5.41, 5.74) is 2.75. The number of anilines is 1. The van der Waals surface area contributed by atoms with E-state index in [1.165, 1.54) is 16.9 Å². The maximum absolute atomic E-state index is 13.3. The van der Waals surface area contributed by atoms with Gasteiger partial charge in [-0.3, -0.25) is 14.9 Å². The van der Waals surface area contributed by atoms with Crippen molar-refractivity contribution in [3.63, 3.8) is 0 Å². The van der Waals surface area contributed by atoms with Crippen molar-refractivity contribution in [2.45, 2.75) is 38.0 Å². The number of hydrogen-bond donors (Lipinski definition) is 1. The van der Waals surface area contributed by atoms with E-state index in [0.29, 0.717) is 21.6 Å². The smallest absolute Gasteiger partial charge is 0.257 e. The first-order valence-electron chi connectivity index (χ1n) is 11.5. The minimum atomic E-state index is -0.220. The molecule has 1 unspecified atom stereocenters. The van der Waals surface area contributed by atoms with Gasteiger partial charge in [0, 0.05) is 28.6 Å². The summed E-state index contributed by atoms with van der Waals surface area (Å²) >= 11 is 7.38.